The second kappa shape index (κ2) is 7.46. The van der Waals surface area contributed by atoms with Crippen LogP contribution in [-0.4, -0.2) is 42.1 Å². The summed E-state index contributed by atoms with van der Waals surface area (Å²) in [6.07, 6.45) is 1.27. The maximum absolute atomic E-state index is 13.8. The maximum Gasteiger partial charge on any atom is 0.308 e. The summed E-state index contributed by atoms with van der Waals surface area (Å²) in [5.41, 5.74) is 0.769. The molecule has 2 heterocycles. The molecule has 1 saturated heterocycles. The molecule has 0 radical (unpaired) electrons. The number of benzene rings is 1. The SMILES string of the molecule is COC(=O)C1CCN(C(=O)Cc2cc(-c3ccccc3F)on2)CC1. The maximum atomic E-state index is 13.8. The molecule has 0 unspecified atom stereocenters. The van der Waals surface area contributed by atoms with E-state index in [0.717, 1.165) is 0 Å². The average Bonchev–Trinajstić information content (AvgIpc) is 3.09. The summed E-state index contributed by atoms with van der Waals surface area (Å²) in [6.45, 7) is 1.02. The second-order valence-electron chi connectivity index (χ2n) is 6.02. The van der Waals surface area contributed by atoms with Gasteiger partial charge in [-0.1, -0.05) is 17.3 Å². The number of esters is 1. The van der Waals surface area contributed by atoms with E-state index in [4.69, 9.17) is 9.26 Å². The van der Waals surface area contributed by atoms with Gasteiger partial charge >= 0.3 is 5.97 Å². The van der Waals surface area contributed by atoms with E-state index in [1.54, 1.807) is 29.2 Å². The fraction of sp³-hybridized carbons (Fsp3) is 0.389. The van der Waals surface area contributed by atoms with E-state index in [2.05, 4.69) is 5.16 Å². The zero-order valence-electron chi connectivity index (χ0n) is 13.9. The Hall–Kier alpha value is -2.70. The number of methoxy groups -OCH3 is 1. The van der Waals surface area contributed by atoms with Gasteiger partial charge in [0, 0.05) is 19.2 Å². The molecule has 25 heavy (non-hydrogen) atoms. The van der Waals surface area contributed by atoms with Crippen LogP contribution in [0.15, 0.2) is 34.9 Å². The topological polar surface area (TPSA) is 72.6 Å². The Morgan fingerprint density at radius 2 is 2.04 bits per heavy atom. The molecule has 3 rings (SSSR count). The first-order valence-corrected chi connectivity index (χ1v) is 8.14. The highest BCUT2D eigenvalue weighted by Crippen LogP contribution is 2.24. The van der Waals surface area contributed by atoms with E-state index in [0.29, 0.717) is 42.9 Å². The van der Waals surface area contributed by atoms with Crippen molar-refractivity contribution >= 4 is 11.9 Å². The van der Waals surface area contributed by atoms with Crippen LogP contribution in [-0.2, 0) is 20.7 Å². The molecule has 0 aliphatic carbocycles. The van der Waals surface area contributed by atoms with Crippen LogP contribution >= 0.6 is 0 Å². The molecule has 6 nitrogen and oxygen atoms in total. The molecule has 1 aliphatic heterocycles. The number of hydrogen-bond donors (Lipinski definition) is 0. The predicted octanol–water partition coefficient (Wildman–Crippen LogP) is 2.43. The minimum absolute atomic E-state index is 0.0842. The number of aromatic nitrogens is 1. The number of likely N-dealkylation sites (tertiary alicyclic amines) is 1. The summed E-state index contributed by atoms with van der Waals surface area (Å²) < 4.78 is 23.7. The third-order valence-electron chi connectivity index (χ3n) is 4.41. The van der Waals surface area contributed by atoms with Gasteiger partial charge in [-0.25, -0.2) is 4.39 Å². The number of carbonyl (C=O) groups excluding carboxylic acids is 2. The van der Waals surface area contributed by atoms with E-state index in [1.165, 1.54) is 13.2 Å². The Labute approximate surface area is 144 Å². The molecule has 0 atom stereocenters. The highest BCUT2D eigenvalue weighted by Gasteiger charge is 2.28. The first-order valence-electron chi connectivity index (χ1n) is 8.14. The number of hydrogen-bond acceptors (Lipinski definition) is 5. The van der Waals surface area contributed by atoms with Crippen LogP contribution in [0.4, 0.5) is 4.39 Å². The Bertz CT molecular complexity index is 766. The molecule has 0 bridgehead atoms. The molecular formula is C18H19FN2O4. The first kappa shape index (κ1) is 17.1. The van der Waals surface area contributed by atoms with Crippen LogP contribution in [0.2, 0.25) is 0 Å². The molecule has 7 heteroatoms. The van der Waals surface area contributed by atoms with Crippen molar-refractivity contribution in [3.05, 3.63) is 41.8 Å². The third-order valence-corrected chi connectivity index (χ3v) is 4.41. The van der Waals surface area contributed by atoms with Gasteiger partial charge in [0.05, 0.1) is 30.7 Å². The lowest BCUT2D eigenvalue weighted by Gasteiger charge is -2.30. The molecule has 0 N–H and O–H groups in total. The Kier molecular flexibility index (Phi) is 5.11. The third kappa shape index (κ3) is 3.87. The van der Waals surface area contributed by atoms with Crippen LogP contribution in [0.1, 0.15) is 18.5 Å². The summed E-state index contributed by atoms with van der Waals surface area (Å²) in [7, 11) is 1.37. The summed E-state index contributed by atoms with van der Waals surface area (Å²) in [5, 5.41) is 3.86. The van der Waals surface area contributed by atoms with Gasteiger partial charge in [0.2, 0.25) is 5.91 Å². The molecule has 1 aromatic heterocycles. The van der Waals surface area contributed by atoms with Crippen LogP contribution in [0.25, 0.3) is 11.3 Å². The number of ether oxygens (including phenoxy) is 1. The van der Waals surface area contributed by atoms with Crippen molar-refractivity contribution in [1.29, 1.82) is 0 Å². The molecule has 1 aliphatic rings. The van der Waals surface area contributed by atoms with Crippen LogP contribution in [0, 0.1) is 11.7 Å². The lowest BCUT2D eigenvalue weighted by atomic mass is 9.97. The summed E-state index contributed by atoms with van der Waals surface area (Å²) in [4.78, 5) is 25.6. The van der Waals surface area contributed by atoms with Gasteiger partial charge < -0.3 is 14.2 Å². The van der Waals surface area contributed by atoms with Crippen molar-refractivity contribution in [3.8, 4) is 11.3 Å². The Morgan fingerprint density at radius 3 is 2.72 bits per heavy atom. The van der Waals surface area contributed by atoms with Crippen molar-refractivity contribution in [2.75, 3.05) is 20.2 Å². The van der Waals surface area contributed by atoms with E-state index in [-0.39, 0.29) is 24.2 Å². The standard InChI is InChI=1S/C18H19FN2O4/c1-24-18(23)12-6-8-21(9-7-12)17(22)11-13-10-16(25-20-13)14-4-2-3-5-15(14)19/h2-5,10,12H,6-9,11H2,1H3. The van der Waals surface area contributed by atoms with Gasteiger partial charge in [0.1, 0.15) is 5.82 Å². The molecule has 1 amide bonds. The molecule has 1 fully saturated rings. The van der Waals surface area contributed by atoms with Gasteiger partial charge in [-0.15, -0.1) is 0 Å². The van der Waals surface area contributed by atoms with Crippen LogP contribution in [0.5, 0.6) is 0 Å². The molecular weight excluding hydrogens is 327 g/mol. The molecule has 132 valence electrons. The van der Waals surface area contributed by atoms with E-state index >= 15 is 0 Å². The fourth-order valence-corrected chi connectivity index (χ4v) is 2.98. The number of amides is 1. The van der Waals surface area contributed by atoms with Crippen molar-refractivity contribution in [3.63, 3.8) is 0 Å². The Morgan fingerprint density at radius 1 is 1.32 bits per heavy atom. The largest absolute Gasteiger partial charge is 0.469 e. The average molecular weight is 346 g/mol. The monoisotopic (exact) mass is 346 g/mol. The number of halogens is 1. The van der Waals surface area contributed by atoms with E-state index in [1.807, 2.05) is 0 Å². The van der Waals surface area contributed by atoms with Gasteiger partial charge in [0.25, 0.3) is 0 Å². The van der Waals surface area contributed by atoms with Gasteiger partial charge in [-0.05, 0) is 25.0 Å². The lowest BCUT2D eigenvalue weighted by Crippen LogP contribution is -2.41. The molecule has 0 spiro atoms. The highest BCUT2D eigenvalue weighted by molar-refractivity contribution is 5.79. The number of piperidine rings is 1. The van der Waals surface area contributed by atoms with Crippen LogP contribution in [0.3, 0.4) is 0 Å². The zero-order valence-corrected chi connectivity index (χ0v) is 13.9. The van der Waals surface area contributed by atoms with Crippen LogP contribution < -0.4 is 0 Å². The van der Waals surface area contributed by atoms with Gasteiger partial charge in [0.15, 0.2) is 5.76 Å². The van der Waals surface area contributed by atoms with Gasteiger partial charge in [-0.3, -0.25) is 9.59 Å². The van der Waals surface area contributed by atoms with Gasteiger partial charge in [-0.2, -0.15) is 0 Å². The minimum Gasteiger partial charge on any atom is -0.469 e. The summed E-state index contributed by atoms with van der Waals surface area (Å²) >= 11 is 0. The predicted molar refractivity (Wildman–Crippen MR) is 86.9 cm³/mol. The van der Waals surface area contributed by atoms with Crippen molar-refractivity contribution in [2.24, 2.45) is 5.92 Å². The van der Waals surface area contributed by atoms with E-state index < -0.39 is 5.82 Å². The van der Waals surface area contributed by atoms with Crippen molar-refractivity contribution in [2.45, 2.75) is 19.3 Å². The fourth-order valence-electron chi connectivity index (χ4n) is 2.98. The quantitative estimate of drug-likeness (QED) is 0.795. The van der Waals surface area contributed by atoms with Crippen molar-refractivity contribution < 1.29 is 23.2 Å². The number of carbonyl (C=O) groups is 2. The first-order chi connectivity index (χ1) is 12.1. The number of nitrogens with zero attached hydrogens (tertiary/aromatic N) is 2. The molecule has 2 aromatic rings. The molecule has 0 saturated carbocycles. The molecule has 1 aromatic carbocycles. The summed E-state index contributed by atoms with van der Waals surface area (Å²) in [5.74, 6) is -0.560. The normalized spacial score (nSPS) is 15.2. The summed E-state index contributed by atoms with van der Waals surface area (Å²) in [6, 6.07) is 7.82. The van der Waals surface area contributed by atoms with E-state index in [9.17, 15) is 14.0 Å². The number of rotatable bonds is 4. The minimum atomic E-state index is -0.401. The Balaban J connectivity index is 1.59. The second-order valence-corrected chi connectivity index (χ2v) is 6.02. The highest BCUT2D eigenvalue weighted by atomic mass is 19.1. The smallest absolute Gasteiger partial charge is 0.308 e. The lowest BCUT2D eigenvalue weighted by molar-refractivity contribution is -0.148. The van der Waals surface area contributed by atoms with Crippen molar-refractivity contribution in [1.82, 2.24) is 10.1 Å². The zero-order chi connectivity index (χ0) is 17.8.